The first-order chi connectivity index (χ1) is 13.1. The summed E-state index contributed by atoms with van der Waals surface area (Å²) < 4.78 is 5.21. The van der Waals surface area contributed by atoms with Crippen molar-refractivity contribution in [2.45, 2.75) is 13.8 Å². The van der Waals surface area contributed by atoms with Gasteiger partial charge in [0, 0.05) is 24.3 Å². The fraction of sp³-hybridized carbons (Fsp3) is 0.333. The number of hydrogen-bond donors (Lipinski definition) is 2. The highest BCUT2D eigenvalue weighted by molar-refractivity contribution is 6.06. The summed E-state index contributed by atoms with van der Waals surface area (Å²) >= 11 is 0. The first kappa shape index (κ1) is 20.5. The van der Waals surface area contributed by atoms with Gasteiger partial charge in [0.25, 0.3) is 11.8 Å². The third-order valence-corrected chi connectivity index (χ3v) is 4.36. The van der Waals surface area contributed by atoms with Gasteiger partial charge in [0.1, 0.15) is 5.75 Å². The van der Waals surface area contributed by atoms with Crippen LogP contribution in [-0.4, -0.2) is 50.0 Å². The Labute approximate surface area is 160 Å². The average Bonchev–Trinajstić information content (AvgIpc) is 2.71. The van der Waals surface area contributed by atoms with Crippen LogP contribution < -0.4 is 15.4 Å². The zero-order valence-corrected chi connectivity index (χ0v) is 16.1. The number of likely N-dealkylation sites (N-methyl/N-ethyl adjacent to an activating group) is 1. The molecule has 2 aromatic rings. The van der Waals surface area contributed by atoms with Crippen molar-refractivity contribution in [2.75, 3.05) is 38.6 Å². The van der Waals surface area contributed by atoms with Gasteiger partial charge in [-0.1, -0.05) is 26.0 Å². The summed E-state index contributed by atoms with van der Waals surface area (Å²) in [5.74, 6) is 0.132. The van der Waals surface area contributed by atoms with E-state index in [4.69, 9.17) is 4.74 Å². The number of ether oxygens (including phenoxy) is 1. The molecule has 0 heterocycles. The highest BCUT2D eigenvalue weighted by Crippen LogP contribution is 2.19. The topological polar surface area (TPSA) is 70.7 Å². The molecule has 2 rings (SSSR count). The number of para-hydroxylation sites is 1. The van der Waals surface area contributed by atoms with Gasteiger partial charge < -0.3 is 20.3 Å². The number of amides is 2. The van der Waals surface area contributed by atoms with Crippen molar-refractivity contribution in [1.29, 1.82) is 0 Å². The molecule has 0 radical (unpaired) electrons. The summed E-state index contributed by atoms with van der Waals surface area (Å²) in [6, 6.07) is 13.9. The Hall–Kier alpha value is -2.86. The second-order valence-corrected chi connectivity index (χ2v) is 6.01. The van der Waals surface area contributed by atoms with Crippen LogP contribution in [-0.2, 0) is 0 Å². The molecular formula is C21H27N3O3. The van der Waals surface area contributed by atoms with Gasteiger partial charge in [-0.05, 0) is 49.5 Å². The van der Waals surface area contributed by atoms with E-state index in [0.717, 1.165) is 19.6 Å². The second-order valence-electron chi connectivity index (χ2n) is 6.01. The number of nitrogens with zero attached hydrogens (tertiary/aromatic N) is 1. The Morgan fingerprint density at radius 3 is 2.26 bits per heavy atom. The molecule has 6 heteroatoms. The van der Waals surface area contributed by atoms with Crippen LogP contribution in [0.3, 0.4) is 0 Å². The number of anilines is 1. The zero-order chi connectivity index (χ0) is 19.6. The molecule has 0 bridgehead atoms. The lowest BCUT2D eigenvalue weighted by Crippen LogP contribution is -2.34. The van der Waals surface area contributed by atoms with E-state index in [1.165, 1.54) is 7.11 Å². The summed E-state index contributed by atoms with van der Waals surface area (Å²) in [5.41, 5.74) is 1.63. The van der Waals surface area contributed by atoms with E-state index >= 15 is 0 Å². The van der Waals surface area contributed by atoms with Crippen LogP contribution in [0.15, 0.2) is 48.5 Å². The summed E-state index contributed by atoms with van der Waals surface area (Å²) in [5, 5.41) is 5.73. The molecule has 0 aliphatic heterocycles. The van der Waals surface area contributed by atoms with Crippen molar-refractivity contribution < 1.29 is 14.3 Å². The predicted molar refractivity (Wildman–Crippen MR) is 108 cm³/mol. The maximum absolute atomic E-state index is 12.4. The van der Waals surface area contributed by atoms with Gasteiger partial charge >= 0.3 is 0 Å². The SMILES string of the molecule is CCN(CC)CCNC(=O)c1ccc(NC(=O)c2ccccc2OC)cc1. The Morgan fingerprint density at radius 2 is 1.63 bits per heavy atom. The first-order valence-electron chi connectivity index (χ1n) is 9.14. The molecule has 6 nitrogen and oxygen atoms in total. The van der Waals surface area contributed by atoms with Gasteiger partial charge in [0.05, 0.1) is 12.7 Å². The molecule has 0 aliphatic rings. The van der Waals surface area contributed by atoms with Crippen molar-refractivity contribution in [3.63, 3.8) is 0 Å². The molecule has 2 N–H and O–H groups in total. The number of hydrogen-bond acceptors (Lipinski definition) is 4. The third kappa shape index (κ3) is 5.82. The van der Waals surface area contributed by atoms with Crippen molar-refractivity contribution in [2.24, 2.45) is 0 Å². The Morgan fingerprint density at radius 1 is 0.963 bits per heavy atom. The van der Waals surface area contributed by atoms with E-state index in [0.29, 0.717) is 29.1 Å². The van der Waals surface area contributed by atoms with E-state index < -0.39 is 0 Å². The van der Waals surface area contributed by atoms with E-state index in [1.807, 2.05) is 6.07 Å². The second kappa shape index (κ2) is 10.3. The number of methoxy groups -OCH3 is 1. The predicted octanol–water partition coefficient (Wildman–Crippen LogP) is 3.02. The van der Waals surface area contributed by atoms with E-state index in [-0.39, 0.29) is 11.8 Å². The molecule has 0 atom stereocenters. The molecule has 27 heavy (non-hydrogen) atoms. The summed E-state index contributed by atoms with van der Waals surface area (Å²) in [7, 11) is 1.53. The molecule has 2 amide bonds. The van der Waals surface area contributed by atoms with Gasteiger partial charge in [-0.25, -0.2) is 0 Å². The van der Waals surface area contributed by atoms with Crippen LogP contribution in [0.25, 0.3) is 0 Å². The van der Waals surface area contributed by atoms with Gasteiger partial charge in [-0.3, -0.25) is 9.59 Å². The maximum Gasteiger partial charge on any atom is 0.259 e. The van der Waals surface area contributed by atoms with Crippen LogP contribution in [0.5, 0.6) is 5.75 Å². The Balaban J connectivity index is 1.92. The monoisotopic (exact) mass is 369 g/mol. The summed E-state index contributed by atoms with van der Waals surface area (Å²) in [6.45, 7) is 7.56. The average molecular weight is 369 g/mol. The molecule has 0 aliphatic carbocycles. The van der Waals surface area contributed by atoms with Crippen molar-refractivity contribution in [1.82, 2.24) is 10.2 Å². The van der Waals surface area contributed by atoms with Crippen molar-refractivity contribution in [3.05, 3.63) is 59.7 Å². The number of nitrogens with one attached hydrogen (secondary N) is 2. The van der Waals surface area contributed by atoms with Crippen LogP contribution in [0.4, 0.5) is 5.69 Å². The Kier molecular flexibility index (Phi) is 7.82. The number of carbonyl (C=O) groups is 2. The maximum atomic E-state index is 12.4. The van der Waals surface area contributed by atoms with Gasteiger partial charge in [-0.2, -0.15) is 0 Å². The lowest BCUT2D eigenvalue weighted by Gasteiger charge is -2.18. The first-order valence-corrected chi connectivity index (χ1v) is 9.14. The normalized spacial score (nSPS) is 10.5. The molecule has 0 saturated carbocycles. The highest BCUT2D eigenvalue weighted by atomic mass is 16.5. The molecule has 2 aromatic carbocycles. The van der Waals surface area contributed by atoms with Gasteiger partial charge in [0.2, 0.25) is 0 Å². The number of benzene rings is 2. The minimum Gasteiger partial charge on any atom is -0.496 e. The fourth-order valence-corrected chi connectivity index (χ4v) is 2.71. The van der Waals surface area contributed by atoms with E-state index in [2.05, 4.69) is 29.4 Å². The molecule has 0 aromatic heterocycles. The fourth-order valence-electron chi connectivity index (χ4n) is 2.71. The zero-order valence-electron chi connectivity index (χ0n) is 16.1. The Bertz CT molecular complexity index is 756. The van der Waals surface area contributed by atoms with E-state index in [9.17, 15) is 9.59 Å². The van der Waals surface area contributed by atoms with Gasteiger partial charge in [0.15, 0.2) is 0 Å². The molecule has 0 fully saturated rings. The largest absolute Gasteiger partial charge is 0.496 e. The van der Waals surface area contributed by atoms with Crippen LogP contribution >= 0.6 is 0 Å². The lowest BCUT2D eigenvalue weighted by atomic mass is 10.1. The minimum absolute atomic E-state index is 0.121. The third-order valence-electron chi connectivity index (χ3n) is 4.36. The standard InChI is InChI=1S/C21H27N3O3/c1-4-24(5-2)15-14-22-20(25)16-10-12-17(13-11-16)23-21(26)18-8-6-7-9-19(18)27-3/h6-13H,4-5,14-15H2,1-3H3,(H,22,25)(H,23,26). The van der Waals surface area contributed by atoms with Gasteiger partial charge in [-0.15, -0.1) is 0 Å². The quantitative estimate of drug-likeness (QED) is 0.713. The van der Waals surface area contributed by atoms with Crippen molar-refractivity contribution >= 4 is 17.5 Å². The molecule has 144 valence electrons. The molecule has 0 unspecified atom stereocenters. The lowest BCUT2D eigenvalue weighted by molar-refractivity contribution is 0.0948. The van der Waals surface area contributed by atoms with Crippen LogP contribution in [0, 0.1) is 0 Å². The summed E-state index contributed by atoms with van der Waals surface area (Å²) in [4.78, 5) is 26.9. The van der Waals surface area contributed by atoms with Crippen LogP contribution in [0.1, 0.15) is 34.6 Å². The smallest absolute Gasteiger partial charge is 0.259 e. The molecular weight excluding hydrogens is 342 g/mol. The molecule has 0 spiro atoms. The highest BCUT2D eigenvalue weighted by Gasteiger charge is 2.12. The molecule has 0 saturated heterocycles. The van der Waals surface area contributed by atoms with E-state index in [1.54, 1.807) is 42.5 Å². The number of rotatable bonds is 9. The number of carbonyl (C=O) groups excluding carboxylic acids is 2. The summed E-state index contributed by atoms with van der Waals surface area (Å²) in [6.07, 6.45) is 0. The van der Waals surface area contributed by atoms with Crippen molar-refractivity contribution in [3.8, 4) is 5.75 Å². The minimum atomic E-state index is -0.260. The van der Waals surface area contributed by atoms with Crippen LogP contribution in [0.2, 0.25) is 0 Å².